The number of amides is 1. The first-order chi connectivity index (χ1) is 13.2. The molecule has 3 aromatic rings. The molecule has 0 fully saturated rings. The molecule has 27 heavy (non-hydrogen) atoms. The van der Waals surface area contributed by atoms with Crippen LogP contribution >= 0.6 is 11.3 Å². The minimum Gasteiger partial charge on any atom is -0.486 e. The van der Waals surface area contributed by atoms with Gasteiger partial charge in [0.1, 0.15) is 17.4 Å². The first-order valence-electron chi connectivity index (χ1n) is 9.01. The van der Waals surface area contributed by atoms with E-state index in [1.54, 1.807) is 23.3 Å². The third-order valence-electron chi connectivity index (χ3n) is 4.27. The Morgan fingerprint density at radius 1 is 1.19 bits per heavy atom. The summed E-state index contributed by atoms with van der Waals surface area (Å²) in [4.78, 5) is 18.5. The van der Waals surface area contributed by atoms with E-state index in [1.165, 1.54) is 0 Å². The van der Waals surface area contributed by atoms with Crippen LogP contribution < -0.4 is 4.74 Å². The van der Waals surface area contributed by atoms with Gasteiger partial charge in [-0.05, 0) is 11.5 Å². The van der Waals surface area contributed by atoms with Crippen molar-refractivity contribution < 1.29 is 14.3 Å². The molecule has 0 bridgehead atoms. The van der Waals surface area contributed by atoms with Crippen LogP contribution in [0.3, 0.4) is 0 Å². The molecular weight excluding hydrogens is 360 g/mol. The Morgan fingerprint density at radius 3 is 2.81 bits per heavy atom. The van der Waals surface area contributed by atoms with Crippen molar-refractivity contribution in [1.29, 1.82) is 0 Å². The summed E-state index contributed by atoms with van der Waals surface area (Å²) in [6.45, 7) is 3.88. The molecule has 0 radical (unpaired) electrons. The van der Waals surface area contributed by atoms with Crippen molar-refractivity contribution in [3.8, 4) is 5.75 Å². The minimum atomic E-state index is 0.105. The zero-order valence-corrected chi connectivity index (χ0v) is 16.5. The number of hydrogen-bond acceptors (Lipinski definition) is 5. The van der Waals surface area contributed by atoms with Crippen molar-refractivity contribution in [1.82, 2.24) is 9.88 Å². The highest BCUT2D eigenvalue weighted by Gasteiger charge is 2.14. The van der Waals surface area contributed by atoms with Crippen LogP contribution in [0.5, 0.6) is 5.75 Å². The van der Waals surface area contributed by atoms with Crippen molar-refractivity contribution in [2.45, 2.75) is 26.5 Å². The molecule has 0 saturated heterocycles. The molecule has 1 aromatic heterocycles. The summed E-state index contributed by atoms with van der Waals surface area (Å²) in [5.41, 5.74) is 0.884. The molecule has 3 rings (SSSR count). The van der Waals surface area contributed by atoms with E-state index in [-0.39, 0.29) is 5.91 Å². The molecular formula is C21H24N2O3S. The number of carbonyl (C=O) groups excluding carboxylic acids is 1. The molecule has 0 unspecified atom stereocenters. The Bertz CT molecular complexity index is 889. The van der Waals surface area contributed by atoms with Crippen LogP contribution in [0.15, 0.2) is 47.8 Å². The number of ether oxygens (including phenoxy) is 2. The Hall–Kier alpha value is -2.44. The fraction of sp³-hybridized carbons (Fsp3) is 0.333. The quantitative estimate of drug-likeness (QED) is 0.553. The highest BCUT2D eigenvalue weighted by molar-refractivity contribution is 7.09. The normalized spacial score (nSPS) is 10.9. The van der Waals surface area contributed by atoms with Gasteiger partial charge in [-0.3, -0.25) is 4.79 Å². The number of hydrogen-bond donors (Lipinski definition) is 0. The first kappa shape index (κ1) is 19.3. The van der Waals surface area contributed by atoms with Gasteiger partial charge in [-0.1, -0.05) is 43.3 Å². The monoisotopic (exact) mass is 384 g/mol. The van der Waals surface area contributed by atoms with Crippen LogP contribution in [-0.2, 0) is 22.7 Å². The Labute approximate surface area is 163 Å². The molecule has 0 spiro atoms. The predicted octanol–water partition coefficient (Wildman–Crippen LogP) is 4.26. The number of benzene rings is 2. The molecule has 0 N–H and O–H groups in total. The number of rotatable bonds is 9. The molecule has 1 heterocycles. The second-order valence-corrected chi connectivity index (χ2v) is 7.10. The lowest BCUT2D eigenvalue weighted by atomic mass is 10.1. The van der Waals surface area contributed by atoms with Gasteiger partial charge < -0.3 is 14.4 Å². The molecule has 6 heteroatoms. The fourth-order valence-corrected chi connectivity index (χ4v) is 3.56. The molecule has 0 saturated carbocycles. The van der Waals surface area contributed by atoms with E-state index in [0.29, 0.717) is 32.7 Å². The third kappa shape index (κ3) is 5.05. The van der Waals surface area contributed by atoms with Crippen molar-refractivity contribution >= 4 is 28.0 Å². The summed E-state index contributed by atoms with van der Waals surface area (Å²) in [5, 5.41) is 5.14. The van der Waals surface area contributed by atoms with Gasteiger partial charge in [0.2, 0.25) is 5.91 Å². The van der Waals surface area contributed by atoms with Crippen LogP contribution in [0.25, 0.3) is 10.8 Å². The lowest BCUT2D eigenvalue weighted by molar-refractivity contribution is -0.132. The van der Waals surface area contributed by atoms with E-state index >= 15 is 0 Å². The van der Waals surface area contributed by atoms with E-state index < -0.39 is 0 Å². The standard InChI is InChI=1S/C21H24N2O3S/c1-3-21(24)23(11-12-25-2)13-17-15-27-20(22-17)14-26-19-10-6-8-16-7-4-5-9-18(16)19/h4-10,15H,3,11-14H2,1-2H3. The van der Waals surface area contributed by atoms with Gasteiger partial charge in [-0.2, -0.15) is 0 Å². The van der Waals surface area contributed by atoms with Crippen LogP contribution in [0.4, 0.5) is 0 Å². The van der Waals surface area contributed by atoms with Gasteiger partial charge in [-0.25, -0.2) is 4.98 Å². The lowest BCUT2D eigenvalue weighted by Crippen LogP contribution is -2.33. The second kappa shape index (κ2) is 9.48. The van der Waals surface area contributed by atoms with Gasteiger partial charge >= 0.3 is 0 Å². The molecule has 5 nitrogen and oxygen atoms in total. The van der Waals surface area contributed by atoms with Crippen molar-refractivity contribution in [2.75, 3.05) is 20.3 Å². The van der Waals surface area contributed by atoms with Crippen LogP contribution in [-0.4, -0.2) is 36.1 Å². The summed E-state index contributed by atoms with van der Waals surface area (Å²) in [7, 11) is 1.64. The summed E-state index contributed by atoms with van der Waals surface area (Å²) in [6, 6.07) is 14.2. The van der Waals surface area contributed by atoms with Gasteiger partial charge in [0.25, 0.3) is 0 Å². The van der Waals surface area contributed by atoms with Crippen LogP contribution in [0.2, 0.25) is 0 Å². The van der Waals surface area contributed by atoms with E-state index in [1.807, 2.05) is 36.6 Å². The maximum atomic E-state index is 12.1. The lowest BCUT2D eigenvalue weighted by Gasteiger charge is -2.20. The van der Waals surface area contributed by atoms with E-state index in [2.05, 4.69) is 23.2 Å². The first-order valence-corrected chi connectivity index (χ1v) is 9.89. The fourth-order valence-electron chi connectivity index (χ4n) is 2.86. The smallest absolute Gasteiger partial charge is 0.222 e. The summed E-state index contributed by atoms with van der Waals surface area (Å²) in [6.07, 6.45) is 0.477. The average Bonchev–Trinajstić information content (AvgIpc) is 3.16. The van der Waals surface area contributed by atoms with E-state index in [9.17, 15) is 4.79 Å². The number of nitrogens with zero attached hydrogens (tertiary/aromatic N) is 2. The van der Waals surface area contributed by atoms with Gasteiger partial charge in [0.05, 0.1) is 18.8 Å². The number of aromatic nitrogens is 1. The maximum Gasteiger partial charge on any atom is 0.222 e. The second-order valence-electron chi connectivity index (χ2n) is 6.16. The zero-order valence-electron chi connectivity index (χ0n) is 15.7. The van der Waals surface area contributed by atoms with Crippen molar-refractivity contribution in [2.24, 2.45) is 0 Å². The van der Waals surface area contributed by atoms with Crippen LogP contribution in [0, 0.1) is 0 Å². The average molecular weight is 385 g/mol. The van der Waals surface area contributed by atoms with Crippen LogP contribution in [0.1, 0.15) is 24.0 Å². The summed E-state index contributed by atoms with van der Waals surface area (Å²) >= 11 is 1.55. The SMILES string of the molecule is CCC(=O)N(CCOC)Cc1csc(COc2cccc3ccccc23)n1. The third-order valence-corrected chi connectivity index (χ3v) is 5.14. The highest BCUT2D eigenvalue weighted by Crippen LogP contribution is 2.26. The number of methoxy groups -OCH3 is 1. The zero-order chi connectivity index (χ0) is 19.1. The maximum absolute atomic E-state index is 12.1. The predicted molar refractivity (Wildman–Crippen MR) is 108 cm³/mol. The molecule has 142 valence electrons. The number of carbonyl (C=O) groups is 1. The topological polar surface area (TPSA) is 51.7 Å². The number of thiazole rings is 1. The minimum absolute atomic E-state index is 0.105. The summed E-state index contributed by atoms with van der Waals surface area (Å²) < 4.78 is 11.1. The number of fused-ring (bicyclic) bond motifs is 1. The van der Waals surface area contributed by atoms with E-state index in [4.69, 9.17) is 9.47 Å². The largest absolute Gasteiger partial charge is 0.486 e. The van der Waals surface area contributed by atoms with Gasteiger partial charge in [-0.15, -0.1) is 11.3 Å². The molecule has 0 atom stereocenters. The van der Waals surface area contributed by atoms with Crippen molar-refractivity contribution in [3.63, 3.8) is 0 Å². The van der Waals surface area contributed by atoms with Gasteiger partial charge in [0.15, 0.2) is 0 Å². The van der Waals surface area contributed by atoms with Crippen molar-refractivity contribution in [3.05, 3.63) is 58.5 Å². The van der Waals surface area contributed by atoms with E-state index in [0.717, 1.165) is 27.2 Å². The molecule has 2 aromatic carbocycles. The van der Waals surface area contributed by atoms with Gasteiger partial charge in [0, 0.05) is 30.8 Å². The molecule has 0 aliphatic carbocycles. The summed E-state index contributed by atoms with van der Waals surface area (Å²) in [5.74, 6) is 0.960. The Balaban J connectivity index is 1.64. The Morgan fingerprint density at radius 2 is 2.00 bits per heavy atom. The molecule has 0 aliphatic rings. The molecule has 1 amide bonds. The highest BCUT2D eigenvalue weighted by atomic mass is 32.1. The molecule has 0 aliphatic heterocycles. The Kier molecular flexibility index (Phi) is 6.79.